The topological polar surface area (TPSA) is 122 Å². The van der Waals surface area contributed by atoms with E-state index in [0.29, 0.717) is 5.69 Å². The van der Waals surface area contributed by atoms with Crippen molar-refractivity contribution < 1.29 is 14.8 Å². The van der Waals surface area contributed by atoms with Crippen LogP contribution in [0.2, 0.25) is 0 Å². The van der Waals surface area contributed by atoms with Crippen molar-refractivity contribution in [3.05, 3.63) is 51.3 Å². The zero-order chi connectivity index (χ0) is 14.9. The average molecular weight is 272 g/mol. The van der Waals surface area contributed by atoms with Crippen LogP contribution in [0, 0.1) is 28.4 Å². The van der Waals surface area contributed by atoms with Crippen molar-refractivity contribution in [2.45, 2.75) is 6.92 Å². The number of nitriles is 1. The molecule has 0 saturated carbocycles. The summed E-state index contributed by atoms with van der Waals surface area (Å²) in [4.78, 5) is 20.9. The van der Waals surface area contributed by atoms with Crippen LogP contribution in [0.25, 0.3) is 5.69 Å². The number of hydrogen-bond donors (Lipinski definition) is 1. The second-order valence-corrected chi connectivity index (χ2v) is 4.00. The van der Waals surface area contributed by atoms with Crippen molar-refractivity contribution >= 4 is 11.7 Å². The van der Waals surface area contributed by atoms with Gasteiger partial charge in [0.1, 0.15) is 12.3 Å². The fourth-order valence-electron chi connectivity index (χ4n) is 1.70. The standard InChI is InChI=1S/C12H8N4O4/c1-7-2-3-8(5-13)9(4-7)15-6-10(16(19)20)11(14-15)12(17)18/h2-4,6H,1H3,(H,17,18). The number of aromatic nitrogens is 2. The summed E-state index contributed by atoms with van der Waals surface area (Å²) in [6.07, 6.45) is 0.985. The molecule has 2 rings (SSSR count). The molecule has 0 fully saturated rings. The summed E-state index contributed by atoms with van der Waals surface area (Å²) in [6, 6.07) is 6.78. The minimum Gasteiger partial charge on any atom is -0.476 e. The molecule has 2 aromatic rings. The first kappa shape index (κ1) is 13.2. The number of carboxylic acids is 1. The maximum absolute atomic E-state index is 10.9. The fraction of sp³-hybridized carbons (Fsp3) is 0.0833. The molecular formula is C12H8N4O4. The van der Waals surface area contributed by atoms with Crippen LogP contribution in [0.5, 0.6) is 0 Å². The normalized spacial score (nSPS) is 10.0. The van der Waals surface area contributed by atoms with Crippen LogP contribution < -0.4 is 0 Å². The molecule has 8 heteroatoms. The third-order valence-corrected chi connectivity index (χ3v) is 2.61. The molecule has 1 heterocycles. The van der Waals surface area contributed by atoms with Gasteiger partial charge in [0.25, 0.3) is 0 Å². The van der Waals surface area contributed by atoms with Crippen molar-refractivity contribution in [3.8, 4) is 11.8 Å². The Labute approximate surface area is 112 Å². The number of carbonyl (C=O) groups is 1. The van der Waals surface area contributed by atoms with Crippen molar-refractivity contribution in [3.63, 3.8) is 0 Å². The molecule has 0 amide bonds. The zero-order valence-electron chi connectivity index (χ0n) is 10.3. The Morgan fingerprint density at radius 1 is 1.55 bits per heavy atom. The number of aromatic carboxylic acids is 1. The van der Waals surface area contributed by atoms with E-state index in [1.54, 1.807) is 25.1 Å². The lowest BCUT2D eigenvalue weighted by Crippen LogP contribution is -2.03. The maximum atomic E-state index is 10.9. The summed E-state index contributed by atoms with van der Waals surface area (Å²) in [6.45, 7) is 1.78. The van der Waals surface area contributed by atoms with E-state index in [1.165, 1.54) is 0 Å². The monoisotopic (exact) mass is 272 g/mol. The van der Waals surface area contributed by atoms with Gasteiger partial charge >= 0.3 is 11.7 Å². The van der Waals surface area contributed by atoms with Gasteiger partial charge in [0.05, 0.1) is 16.2 Å². The van der Waals surface area contributed by atoms with Gasteiger partial charge in [-0.2, -0.15) is 10.4 Å². The molecule has 1 N–H and O–H groups in total. The minimum atomic E-state index is -1.50. The van der Waals surface area contributed by atoms with Crippen LogP contribution in [0.3, 0.4) is 0 Å². The van der Waals surface area contributed by atoms with E-state index in [-0.39, 0.29) is 5.56 Å². The molecular weight excluding hydrogens is 264 g/mol. The molecule has 0 aliphatic heterocycles. The number of aryl methyl sites for hydroxylation is 1. The second-order valence-electron chi connectivity index (χ2n) is 4.00. The molecule has 0 bridgehead atoms. The number of benzene rings is 1. The van der Waals surface area contributed by atoms with Crippen LogP contribution in [0.1, 0.15) is 21.6 Å². The van der Waals surface area contributed by atoms with Gasteiger partial charge < -0.3 is 5.11 Å². The van der Waals surface area contributed by atoms with Gasteiger partial charge in [-0.1, -0.05) is 6.07 Å². The Balaban J connectivity index is 2.69. The molecule has 0 spiro atoms. The van der Waals surface area contributed by atoms with Crippen LogP contribution in [0.15, 0.2) is 24.4 Å². The van der Waals surface area contributed by atoms with Crippen LogP contribution in [-0.2, 0) is 0 Å². The Bertz CT molecular complexity index is 726. The number of nitrogens with zero attached hydrogens (tertiary/aromatic N) is 4. The quantitative estimate of drug-likeness (QED) is 0.669. The molecule has 0 aliphatic rings. The Morgan fingerprint density at radius 3 is 2.75 bits per heavy atom. The fourth-order valence-corrected chi connectivity index (χ4v) is 1.70. The summed E-state index contributed by atoms with van der Waals surface area (Å²) in [5, 5.41) is 32.4. The van der Waals surface area contributed by atoms with E-state index in [2.05, 4.69) is 5.10 Å². The summed E-state index contributed by atoms with van der Waals surface area (Å²) >= 11 is 0. The van der Waals surface area contributed by atoms with Gasteiger partial charge in [-0.05, 0) is 24.6 Å². The minimum absolute atomic E-state index is 0.241. The van der Waals surface area contributed by atoms with Gasteiger partial charge in [0.2, 0.25) is 5.69 Å². The van der Waals surface area contributed by atoms with E-state index in [4.69, 9.17) is 10.4 Å². The summed E-state index contributed by atoms with van der Waals surface area (Å²) < 4.78 is 1.03. The molecule has 0 atom stereocenters. The highest BCUT2D eigenvalue weighted by Gasteiger charge is 2.26. The number of carboxylic acid groups (broad SMARTS) is 1. The maximum Gasteiger partial charge on any atom is 0.363 e. The molecule has 0 radical (unpaired) electrons. The summed E-state index contributed by atoms with van der Waals surface area (Å²) in [5.74, 6) is -1.50. The van der Waals surface area contributed by atoms with Crippen molar-refractivity contribution in [1.29, 1.82) is 5.26 Å². The average Bonchev–Trinajstić information content (AvgIpc) is 2.83. The SMILES string of the molecule is Cc1ccc(C#N)c(-n2cc([N+](=O)[O-])c(C(=O)O)n2)c1. The van der Waals surface area contributed by atoms with Gasteiger partial charge in [0.15, 0.2) is 0 Å². The van der Waals surface area contributed by atoms with Gasteiger partial charge in [-0.25, -0.2) is 9.48 Å². The molecule has 100 valence electrons. The summed E-state index contributed by atoms with van der Waals surface area (Å²) in [7, 11) is 0. The highest BCUT2D eigenvalue weighted by atomic mass is 16.6. The highest BCUT2D eigenvalue weighted by Crippen LogP contribution is 2.22. The first-order valence-electron chi connectivity index (χ1n) is 5.42. The van der Waals surface area contributed by atoms with Crippen LogP contribution in [-0.4, -0.2) is 25.8 Å². The lowest BCUT2D eigenvalue weighted by atomic mass is 10.1. The Hall–Kier alpha value is -3.21. The number of nitro groups is 1. The molecule has 0 aliphatic carbocycles. The third-order valence-electron chi connectivity index (χ3n) is 2.61. The van der Waals surface area contributed by atoms with Crippen LogP contribution >= 0.6 is 0 Å². The van der Waals surface area contributed by atoms with Crippen molar-refractivity contribution in [2.24, 2.45) is 0 Å². The molecule has 0 unspecified atom stereocenters. The van der Waals surface area contributed by atoms with Crippen molar-refractivity contribution in [1.82, 2.24) is 9.78 Å². The summed E-state index contributed by atoms with van der Waals surface area (Å²) in [5.41, 5.74) is 0.0605. The van der Waals surface area contributed by atoms with E-state index < -0.39 is 22.3 Å². The Morgan fingerprint density at radius 2 is 2.25 bits per heavy atom. The van der Waals surface area contributed by atoms with E-state index in [9.17, 15) is 14.9 Å². The predicted molar refractivity (Wildman–Crippen MR) is 66.6 cm³/mol. The smallest absolute Gasteiger partial charge is 0.363 e. The van der Waals surface area contributed by atoms with E-state index in [1.807, 2.05) is 6.07 Å². The molecule has 0 saturated heterocycles. The zero-order valence-corrected chi connectivity index (χ0v) is 10.3. The number of hydrogen-bond acceptors (Lipinski definition) is 5. The molecule has 20 heavy (non-hydrogen) atoms. The third kappa shape index (κ3) is 2.20. The van der Waals surface area contributed by atoms with E-state index >= 15 is 0 Å². The van der Waals surface area contributed by atoms with Gasteiger partial charge in [0, 0.05) is 0 Å². The lowest BCUT2D eigenvalue weighted by Gasteiger charge is -2.04. The Kier molecular flexibility index (Phi) is 3.18. The van der Waals surface area contributed by atoms with Crippen molar-refractivity contribution in [2.75, 3.05) is 0 Å². The molecule has 1 aromatic carbocycles. The van der Waals surface area contributed by atoms with Gasteiger partial charge in [-0.15, -0.1) is 0 Å². The van der Waals surface area contributed by atoms with Gasteiger partial charge in [-0.3, -0.25) is 10.1 Å². The number of rotatable bonds is 3. The molecule has 8 nitrogen and oxygen atoms in total. The second kappa shape index (κ2) is 4.81. The first-order valence-corrected chi connectivity index (χ1v) is 5.42. The lowest BCUT2D eigenvalue weighted by molar-refractivity contribution is -0.385. The largest absolute Gasteiger partial charge is 0.476 e. The first-order chi connectivity index (χ1) is 9.43. The predicted octanol–water partition coefficient (Wildman–Crippen LogP) is 1.66. The van der Waals surface area contributed by atoms with Crippen LogP contribution in [0.4, 0.5) is 5.69 Å². The molecule has 1 aromatic heterocycles. The highest BCUT2D eigenvalue weighted by molar-refractivity contribution is 5.90. The van der Waals surface area contributed by atoms with E-state index in [0.717, 1.165) is 16.4 Å².